The number of fused-ring (bicyclic) bond motifs is 1. The van der Waals surface area contributed by atoms with Gasteiger partial charge in [-0.15, -0.1) is 11.3 Å². The van der Waals surface area contributed by atoms with E-state index in [0.717, 1.165) is 49.5 Å². The fourth-order valence-corrected chi connectivity index (χ4v) is 4.40. The number of carbonyl (C=O) groups excluding carboxylic acids is 1. The van der Waals surface area contributed by atoms with Gasteiger partial charge in [-0.05, 0) is 74.5 Å². The predicted molar refractivity (Wildman–Crippen MR) is 90.6 cm³/mol. The first-order chi connectivity index (χ1) is 9.56. The van der Waals surface area contributed by atoms with Crippen LogP contribution in [0.5, 0.6) is 0 Å². The molecule has 0 bridgehead atoms. The standard InChI is InChI=1S/C14H12Br2N2OS/c15-10-7-12(20-13(10)16)14(19)18-5-1-2-8-6-9(17)3-4-11(8)18/h3-4,6-7H,1-2,5,17H2. The lowest BCUT2D eigenvalue weighted by Crippen LogP contribution is -2.35. The van der Waals surface area contributed by atoms with E-state index < -0.39 is 0 Å². The van der Waals surface area contributed by atoms with Gasteiger partial charge in [-0.3, -0.25) is 4.79 Å². The number of rotatable bonds is 1. The molecule has 0 saturated carbocycles. The summed E-state index contributed by atoms with van der Waals surface area (Å²) in [4.78, 5) is 15.3. The van der Waals surface area contributed by atoms with Gasteiger partial charge in [0.05, 0.1) is 8.66 Å². The molecule has 1 aliphatic rings. The quantitative estimate of drug-likeness (QED) is 0.699. The summed E-state index contributed by atoms with van der Waals surface area (Å²) >= 11 is 8.31. The summed E-state index contributed by atoms with van der Waals surface area (Å²) in [6, 6.07) is 7.63. The third-order valence-corrected chi connectivity index (χ3v) is 6.57. The minimum atomic E-state index is 0.0483. The summed E-state index contributed by atoms with van der Waals surface area (Å²) in [5.74, 6) is 0.0483. The zero-order chi connectivity index (χ0) is 14.3. The molecule has 2 aromatic rings. The Bertz CT molecular complexity index is 664. The molecule has 3 nitrogen and oxygen atoms in total. The van der Waals surface area contributed by atoms with Crippen LogP contribution in [0.25, 0.3) is 0 Å². The van der Waals surface area contributed by atoms with Crippen molar-refractivity contribution in [3.63, 3.8) is 0 Å². The highest BCUT2D eigenvalue weighted by Gasteiger charge is 2.25. The molecule has 3 rings (SSSR count). The molecule has 1 aromatic carbocycles. The van der Waals surface area contributed by atoms with E-state index >= 15 is 0 Å². The molecule has 0 aliphatic carbocycles. The number of amides is 1. The highest BCUT2D eigenvalue weighted by atomic mass is 79.9. The molecular formula is C14H12Br2N2OS. The van der Waals surface area contributed by atoms with E-state index in [1.54, 1.807) is 0 Å². The van der Waals surface area contributed by atoms with Gasteiger partial charge in [-0.1, -0.05) is 0 Å². The third kappa shape index (κ3) is 2.52. The lowest BCUT2D eigenvalue weighted by atomic mass is 10.0. The lowest BCUT2D eigenvalue weighted by molar-refractivity contribution is 0.0989. The van der Waals surface area contributed by atoms with E-state index in [4.69, 9.17) is 5.73 Å². The fourth-order valence-electron chi connectivity index (χ4n) is 2.41. The smallest absolute Gasteiger partial charge is 0.268 e. The maximum Gasteiger partial charge on any atom is 0.268 e. The van der Waals surface area contributed by atoms with Crippen molar-refractivity contribution < 1.29 is 4.79 Å². The Morgan fingerprint density at radius 3 is 2.80 bits per heavy atom. The van der Waals surface area contributed by atoms with Crippen LogP contribution < -0.4 is 10.6 Å². The first-order valence-corrected chi connectivity index (χ1v) is 8.61. The zero-order valence-corrected chi connectivity index (χ0v) is 14.5. The Morgan fingerprint density at radius 1 is 1.30 bits per heavy atom. The molecule has 0 unspecified atom stereocenters. The second kappa shape index (κ2) is 5.50. The number of carbonyl (C=O) groups is 1. The average molecular weight is 416 g/mol. The molecule has 0 saturated heterocycles. The zero-order valence-electron chi connectivity index (χ0n) is 10.5. The molecule has 1 aromatic heterocycles. The summed E-state index contributed by atoms with van der Waals surface area (Å²) in [6.45, 7) is 0.753. The Hall–Kier alpha value is -0.850. The molecule has 1 aliphatic heterocycles. The molecule has 2 N–H and O–H groups in total. The van der Waals surface area contributed by atoms with Crippen molar-refractivity contribution in [2.45, 2.75) is 12.8 Å². The SMILES string of the molecule is Nc1ccc2c(c1)CCCN2C(=O)c1cc(Br)c(Br)s1. The minimum Gasteiger partial charge on any atom is -0.399 e. The molecular weight excluding hydrogens is 404 g/mol. The van der Waals surface area contributed by atoms with Crippen LogP contribution in [0.3, 0.4) is 0 Å². The van der Waals surface area contributed by atoms with Crippen LogP contribution in [0, 0.1) is 0 Å². The van der Waals surface area contributed by atoms with Crippen molar-refractivity contribution in [3.8, 4) is 0 Å². The van der Waals surface area contributed by atoms with Gasteiger partial charge >= 0.3 is 0 Å². The van der Waals surface area contributed by atoms with Crippen LogP contribution in [0.4, 0.5) is 11.4 Å². The van der Waals surface area contributed by atoms with E-state index in [0.29, 0.717) is 0 Å². The van der Waals surface area contributed by atoms with Crippen molar-refractivity contribution in [3.05, 3.63) is 43.0 Å². The second-order valence-electron chi connectivity index (χ2n) is 4.68. The predicted octanol–water partition coefficient (Wildman–Crippen LogP) is 4.45. The first kappa shape index (κ1) is 14.1. The van der Waals surface area contributed by atoms with Gasteiger partial charge in [0.15, 0.2) is 0 Å². The van der Waals surface area contributed by atoms with Gasteiger partial charge in [0.2, 0.25) is 0 Å². The van der Waals surface area contributed by atoms with Crippen LogP contribution in [0.15, 0.2) is 32.5 Å². The highest BCUT2D eigenvalue weighted by Crippen LogP contribution is 2.35. The van der Waals surface area contributed by atoms with Gasteiger partial charge in [-0.2, -0.15) is 0 Å². The fraction of sp³-hybridized carbons (Fsp3) is 0.214. The molecule has 0 spiro atoms. The van der Waals surface area contributed by atoms with Crippen LogP contribution in [-0.4, -0.2) is 12.5 Å². The molecule has 6 heteroatoms. The van der Waals surface area contributed by atoms with E-state index in [2.05, 4.69) is 31.9 Å². The Morgan fingerprint density at radius 2 is 2.10 bits per heavy atom. The number of benzene rings is 1. The van der Waals surface area contributed by atoms with Gasteiger partial charge in [0, 0.05) is 22.4 Å². The van der Waals surface area contributed by atoms with Crippen LogP contribution in [-0.2, 0) is 6.42 Å². The summed E-state index contributed by atoms with van der Waals surface area (Å²) < 4.78 is 1.86. The molecule has 104 valence electrons. The number of thiophene rings is 1. The van der Waals surface area contributed by atoms with Crippen molar-refractivity contribution in [1.29, 1.82) is 0 Å². The Kier molecular flexibility index (Phi) is 3.88. The van der Waals surface area contributed by atoms with Crippen LogP contribution >= 0.6 is 43.2 Å². The van der Waals surface area contributed by atoms with Gasteiger partial charge in [0.1, 0.15) is 0 Å². The summed E-state index contributed by atoms with van der Waals surface area (Å²) in [5.41, 5.74) is 8.71. The third-order valence-electron chi connectivity index (χ3n) is 3.32. The maximum absolute atomic E-state index is 12.7. The number of hydrogen-bond donors (Lipinski definition) is 1. The summed E-state index contributed by atoms with van der Waals surface area (Å²) in [5, 5.41) is 0. The first-order valence-electron chi connectivity index (χ1n) is 6.21. The van der Waals surface area contributed by atoms with Crippen molar-refractivity contribution in [1.82, 2.24) is 0 Å². The molecule has 20 heavy (non-hydrogen) atoms. The Balaban J connectivity index is 1.98. The normalized spacial score (nSPS) is 14.2. The lowest BCUT2D eigenvalue weighted by Gasteiger charge is -2.29. The number of anilines is 2. The molecule has 0 radical (unpaired) electrons. The molecule has 0 atom stereocenters. The average Bonchev–Trinajstić information content (AvgIpc) is 2.77. The number of aryl methyl sites for hydroxylation is 1. The number of nitrogens with two attached hydrogens (primary N) is 1. The van der Waals surface area contributed by atoms with Crippen LogP contribution in [0.1, 0.15) is 21.7 Å². The van der Waals surface area contributed by atoms with E-state index in [1.165, 1.54) is 11.3 Å². The second-order valence-corrected chi connectivity index (χ2v) is 7.91. The molecule has 1 amide bonds. The highest BCUT2D eigenvalue weighted by molar-refractivity contribution is 9.13. The number of halogens is 2. The molecule has 0 fully saturated rings. The van der Waals surface area contributed by atoms with Crippen LogP contribution in [0.2, 0.25) is 0 Å². The molecule has 2 heterocycles. The topological polar surface area (TPSA) is 46.3 Å². The summed E-state index contributed by atoms with van der Waals surface area (Å²) in [7, 11) is 0. The maximum atomic E-state index is 12.7. The van der Waals surface area contributed by atoms with Crippen molar-refractivity contribution in [2.24, 2.45) is 0 Å². The monoisotopic (exact) mass is 414 g/mol. The van der Waals surface area contributed by atoms with E-state index in [-0.39, 0.29) is 5.91 Å². The van der Waals surface area contributed by atoms with E-state index in [1.807, 2.05) is 29.2 Å². The van der Waals surface area contributed by atoms with Gasteiger partial charge in [-0.25, -0.2) is 0 Å². The van der Waals surface area contributed by atoms with Gasteiger partial charge in [0.25, 0.3) is 5.91 Å². The number of hydrogen-bond acceptors (Lipinski definition) is 3. The van der Waals surface area contributed by atoms with Crippen molar-refractivity contribution in [2.75, 3.05) is 17.2 Å². The number of nitrogen functional groups attached to an aromatic ring is 1. The van der Waals surface area contributed by atoms with Gasteiger partial charge < -0.3 is 10.6 Å². The largest absolute Gasteiger partial charge is 0.399 e. The van der Waals surface area contributed by atoms with E-state index in [9.17, 15) is 4.79 Å². The number of nitrogens with zero attached hydrogens (tertiary/aromatic N) is 1. The minimum absolute atomic E-state index is 0.0483. The van der Waals surface area contributed by atoms with Crippen molar-refractivity contribution >= 4 is 60.5 Å². The summed E-state index contributed by atoms with van der Waals surface area (Å²) in [6.07, 6.45) is 1.94. The Labute approximate surface area is 138 Å².